The molecular formula is C16H34N2O. The number of hydrogen-bond donors (Lipinski definition) is 2. The summed E-state index contributed by atoms with van der Waals surface area (Å²) in [5, 5.41) is 12.8. The van der Waals surface area contributed by atoms with Crippen molar-refractivity contribution in [2.75, 3.05) is 32.8 Å². The van der Waals surface area contributed by atoms with Crippen molar-refractivity contribution < 1.29 is 5.11 Å². The molecule has 0 unspecified atom stereocenters. The van der Waals surface area contributed by atoms with Crippen molar-refractivity contribution >= 4 is 0 Å². The van der Waals surface area contributed by atoms with Crippen molar-refractivity contribution in [1.29, 1.82) is 0 Å². The molecule has 0 amide bonds. The lowest BCUT2D eigenvalue weighted by atomic mass is 9.70. The Labute approximate surface area is 119 Å². The minimum atomic E-state index is 0.276. The molecule has 19 heavy (non-hydrogen) atoms. The van der Waals surface area contributed by atoms with Crippen molar-refractivity contribution in [1.82, 2.24) is 10.2 Å². The maximum Gasteiger partial charge on any atom is 0.0558 e. The van der Waals surface area contributed by atoms with Crippen molar-refractivity contribution in [3.05, 3.63) is 0 Å². The second-order valence-electron chi connectivity index (χ2n) is 6.81. The van der Waals surface area contributed by atoms with Crippen LogP contribution in [0.15, 0.2) is 0 Å². The van der Waals surface area contributed by atoms with Crippen molar-refractivity contribution in [3.63, 3.8) is 0 Å². The number of likely N-dealkylation sites (N-methyl/N-ethyl adjacent to an activating group) is 1. The molecule has 1 aliphatic carbocycles. The molecule has 0 aliphatic heterocycles. The van der Waals surface area contributed by atoms with Crippen LogP contribution in [0.25, 0.3) is 0 Å². The molecule has 0 atom stereocenters. The first-order valence-corrected chi connectivity index (χ1v) is 8.08. The summed E-state index contributed by atoms with van der Waals surface area (Å²) in [6.45, 7) is 13.4. The summed E-state index contributed by atoms with van der Waals surface area (Å²) in [5.41, 5.74) is 0.419. The zero-order valence-electron chi connectivity index (χ0n) is 13.4. The second-order valence-corrected chi connectivity index (χ2v) is 6.81. The fraction of sp³-hybridized carbons (Fsp3) is 1.00. The Hall–Kier alpha value is -0.120. The highest BCUT2D eigenvalue weighted by Crippen LogP contribution is 2.39. The minimum Gasteiger partial charge on any atom is -0.395 e. The summed E-state index contributed by atoms with van der Waals surface area (Å²) < 4.78 is 0. The van der Waals surface area contributed by atoms with Crippen molar-refractivity contribution in [2.24, 2.45) is 11.3 Å². The van der Waals surface area contributed by atoms with E-state index in [0.29, 0.717) is 11.5 Å². The van der Waals surface area contributed by atoms with E-state index in [9.17, 15) is 5.11 Å². The van der Waals surface area contributed by atoms with Crippen LogP contribution >= 0.6 is 0 Å². The largest absolute Gasteiger partial charge is 0.395 e. The molecule has 0 heterocycles. The fourth-order valence-electron chi connectivity index (χ4n) is 3.15. The predicted molar refractivity (Wildman–Crippen MR) is 82.4 cm³/mol. The fourth-order valence-corrected chi connectivity index (χ4v) is 3.15. The van der Waals surface area contributed by atoms with Crippen LogP contribution in [0.2, 0.25) is 0 Å². The molecule has 0 saturated heterocycles. The summed E-state index contributed by atoms with van der Waals surface area (Å²) in [7, 11) is 0. The Bertz CT molecular complexity index is 235. The highest BCUT2D eigenvalue weighted by molar-refractivity contribution is 4.89. The van der Waals surface area contributed by atoms with Crippen LogP contribution in [-0.2, 0) is 0 Å². The number of nitrogens with zero attached hydrogens (tertiary/aromatic N) is 1. The summed E-state index contributed by atoms with van der Waals surface area (Å²) in [5.74, 6) is 0.889. The van der Waals surface area contributed by atoms with E-state index in [1.165, 1.54) is 25.7 Å². The molecule has 114 valence electrons. The first kappa shape index (κ1) is 16.9. The monoisotopic (exact) mass is 270 g/mol. The van der Waals surface area contributed by atoms with Gasteiger partial charge in [-0.1, -0.05) is 40.5 Å². The molecule has 0 spiro atoms. The maximum absolute atomic E-state index is 9.18. The number of aliphatic hydroxyl groups excluding tert-OH is 1. The molecule has 0 radical (unpaired) electrons. The first-order chi connectivity index (χ1) is 9.01. The molecule has 3 nitrogen and oxygen atoms in total. The Kier molecular flexibility index (Phi) is 7.33. The van der Waals surface area contributed by atoms with Gasteiger partial charge in [0.05, 0.1) is 6.61 Å². The van der Waals surface area contributed by atoms with Gasteiger partial charge in [0.15, 0.2) is 0 Å². The molecule has 2 N–H and O–H groups in total. The molecule has 1 saturated carbocycles. The predicted octanol–water partition coefficient (Wildman–Crippen LogP) is 2.50. The first-order valence-electron chi connectivity index (χ1n) is 8.08. The average Bonchev–Trinajstić information content (AvgIpc) is 2.39. The topological polar surface area (TPSA) is 35.5 Å². The van der Waals surface area contributed by atoms with Gasteiger partial charge in [0.2, 0.25) is 0 Å². The molecule has 0 aromatic heterocycles. The Morgan fingerprint density at radius 3 is 2.42 bits per heavy atom. The number of rotatable bonds is 8. The Morgan fingerprint density at radius 1 is 1.32 bits per heavy atom. The molecular weight excluding hydrogens is 236 g/mol. The van der Waals surface area contributed by atoms with Crippen LogP contribution in [0.3, 0.4) is 0 Å². The number of aliphatic hydroxyl groups is 1. The van der Waals surface area contributed by atoms with E-state index in [2.05, 4.69) is 37.9 Å². The van der Waals surface area contributed by atoms with Gasteiger partial charge in [-0.25, -0.2) is 0 Å². The van der Waals surface area contributed by atoms with Gasteiger partial charge in [0, 0.05) is 25.7 Å². The lowest BCUT2D eigenvalue weighted by Crippen LogP contribution is -2.48. The molecule has 1 rings (SSSR count). The van der Waals surface area contributed by atoms with Gasteiger partial charge in [0.1, 0.15) is 0 Å². The highest BCUT2D eigenvalue weighted by atomic mass is 16.3. The summed E-state index contributed by atoms with van der Waals surface area (Å²) in [6.07, 6.45) is 5.37. The van der Waals surface area contributed by atoms with Crippen LogP contribution in [-0.4, -0.2) is 48.8 Å². The summed E-state index contributed by atoms with van der Waals surface area (Å²) in [4.78, 5) is 2.41. The average molecular weight is 270 g/mol. The zero-order chi connectivity index (χ0) is 14.3. The van der Waals surface area contributed by atoms with Gasteiger partial charge in [0.25, 0.3) is 0 Å². The van der Waals surface area contributed by atoms with Gasteiger partial charge in [-0.2, -0.15) is 0 Å². The molecule has 0 aromatic carbocycles. The second kappa shape index (κ2) is 8.23. The van der Waals surface area contributed by atoms with Gasteiger partial charge >= 0.3 is 0 Å². The van der Waals surface area contributed by atoms with Gasteiger partial charge in [-0.3, -0.25) is 0 Å². The van der Waals surface area contributed by atoms with Crippen LogP contribution in [0, 0.1) is 11.3 Å². The smallest absolute Gasteiger partial charge is 0.0558 e. The Balaban J connectivity index is 2.62. The maximum atomic E-state index is 9.18. The molecule has 1 aliphatic rings. The van der Waals surface area contributed by atoms with E-state index in [0.717, 1.165) is 32.1 Å². The SMILES string of the molecule is CCN(CCO)CC1(CNC(C)C)CCC(C)CC1. The van der Waals surface area contributed by atoms with Crippen molar-refractivity contribution in [3.8, 4) is 0 Å². The Morgan fingerprint density at radius 2 is 1.95 bits per heavy atom. The van der Waals surface area contributed by atoms with E-state index in [-0.39, 0.29) is 6.61 Å². The van der Waals surface area contributed by atoms with E-state index in [1.54, 1.807) is 0 Å². The number of nitrogens with one attached hydrogen (secondary N) is 1. The van der Waals surface area contributed by atoms with Gasteiger partial charge in [-0.15, -0.1) is 0 Å². The summed E-state index contributed by atoms with van der Waals surface area (Å²) >= 11 is 0. The summed E-state index contributed by atoms with van der Waals surface area (Å²) in [6, 6.07) is 0.559. The third-order valence-corrected chi connectivity index (χ3v) is 4.64. The van der Waals surface area contributed by atoms with Crippen LogP contribution in [0.5, 0.6) is 0 Å². The quantitative estimate of drug-likeness (QED) is 0.711. The minimum absolute atomic E-state index is 0.276. The van der Waals surface area contributed by atoms with Crippen LogP contribution in [0.1, 0.15) is 53.4 Å². The standard InChI is InChI=1S/C16H34N2O/c1-5-18(10-11-19)13-16(12-17-14(2)3)8-6-15(4)7-9-16/h14-15,17,19H,5-13H2,1-4H3. The van der Waals surface area contributed by atoms with E-state index >= 15 is 0 Å². The van der Waals surface area contributed by atoms with E-state index < -0.39 is 0 Å². The van der Waals surface area contributed by atoms with Crippen LogP contribution < -0.4 is 5.32 Å². The van der Waals surface area contributed by atoms with Gasteiger partial charge < -0.3 is 15.3 Å². The van der Waals surface area contributed by atoms with E-state index in [4.69, 9.17) is 0 Å². The lowest BCUT2D eigenvalue weighted by molar-refractivity contribution is 0.0770. The molecule has 1 fully saturated rings. The highest BCUT2D eigenvalue weighted by Gasteiger charge is 2.35. The molecule has 0 bridgehead atoms. The van der Waals surface area contributed by atoms with E-state index in [1.807, 2.05) is 0 Å². The van der Waals surface area contributed by atoms with Gasteiger partial charge in [-0.05, 0) is 30.7 Å². The van der Waals surface area contributed by atoms with Crippen molar-refractivity contribution in [2.45, 2.75) is 59.4 Å². The normalized spacial score (nSPS) is 28.3. The third-order valence-electron chi connectivity index (χ3n) is 4.64. The third kappa shape index (κ3) is 5.80. The lowest BCUT2D eigenvalue weighted by Gasteiger charge is -2.43. The zero-order valence-corrected chi connectivity index (χ0v) is 13.4. The number of hydrogen-bond acceptors (Lipinski definition) is 3. The molecule has 3 heteroatoms. The molecule has 0 aromatic rings. The van der Waals surface area contributed by atoms with Crippen LogP contribution in [0.4, 0.5) is 0 Å².